The summed E-state index contributed by atoms with van der Waals surface area (Å²) in [4.78, 5) is 12.9. The van der Waals surface area contributed by atoms with Crippen LogP contribution >= 0.6 is 0 Å². The van der Waals surface area contributed by atoms with Gasteiger partial charge in [-0.3, -0.25) is 4.79 Å². The number of amides is 1. The van der Waals surface area contributed by atoms with Crippen LogP contribution in [0.4, 0.5) is 0 Å². The Balaban J connectivity index is 1.43. The molecule has 1 saturated heterocycles. The zero-order chi connectivity index (χ0) is 21.0. The molecule has 1 amide bonds. The van der Waals surface area contributed by atoms with E-state index in [1.165, 1.54) is 25.7 Å². The van der Waals surface area contributed by atoms with E-state index in [0.29, 0.717) is 23.5 Å². The molecule has 4 rings (SSSR count). The van der Waals surface area contributed by atoms with E-state index in [2.05, 4.69) is 5.32 Å². The second kappa shape index (κ2) is 9.31. The fourth-order valence-electron chi connectivity index (χ4n) is 4.40. The molecule has 6 heteroatoms. The fourth-order valence-corrected chi connectivity index (χ4v) is 5.92. The molecule has 1 N–H and O–H groups in total. The van der Waals surface area contributed by atoms with Crippen molar-refractivity contribution in [1.82, 2.24) is 9.62 Å². The molecular weight excluding hydrogens is 396 g/mol. The fraction of sp³-hybridized carbons (Fsp3) is 0.458. The highest BCUT2D eigenvalue weighted by Crippen LogP contribution is 2.25. The van der Waals surface area contributed by atoms with Gasteiger partial charge in [-0.25, -0.2) is 8.42 Å². The van der Waals surface area contributed by atoms with Gasteiger partial charge < -0.3 is 5.32 Å². The number of sulfonamides is 1. The zero-order valence-corrected chi connectivity index (χ0v) is 18.2. The lowest BCUT2D eigenvalue weighted by atomic mass is 10.0. The van der Waals surface area contributed by atoms with Crippen LogP contribution in [0.3, 0.4) is 0 Å². The van der Waals surface area contributed by atoms with E-state index in [4.69, 9.17) is 0 Å². The van der Waals surface area contributed by atoms with Gasteiger partial charge in [-0.1, -0.05) is 49.9 Å². The van der Waals surface area contributed by atoms with E-state index in [1.54, 1.807) is 16.4 Å². The standard InChI is InChI=1S/C24H30N2O3S/c27-24(25-22-7-3-1-2-4-8-22)21-11-9-19(10-12-21)20-13-15-23(16-14-20)30(28,29)26-17-5-6-18-26/h9-16,22H,1-8,17-18H2,(H,25,27). The SMILES string of the molecule is O=C(NC1CCCCCC1)c1ccc(-c2ccc(S(=O)(=O)N3CCCC3)cc2)cc1. The Hall–Kier alpha value is -2.18. The summed E-state index contributed by atoms with van der Waals surface area (Å²) in [5.74, 6) is -0.0134. The van der Waals surface area contributed by atoms with Crippen molar-refractivity contribution in [3.05, 3.63) is 54.1 Å². The van der Waals surface area contributed by atoms with Crippen LogP contribution in [0.25, 0.3) is 11.1 Å². The van der Waals surface area contributed by atoms with Crippen LogP contribution in [0.2, 0.25) is 0 Å². The van der Waals surface area contributed by atoms with Crippen molar-refractivity contribution in [2.45, 2.75) is 62.3 Å². The first-order valence-corrected chi connectivity index (χ1v) is 12.5. The van der Waals surface area contributed by atoms with Crippen molar-refractivity contribution in [3.8, 4) is 11.1 Å². The zero-order valence-electron chi connectivity index (χ0n) is 17.3. The Kier molecular flexibility index (Phi) is 6.54. The molecule has 160 valence electrons. The maximum Gasteiger partial charge on any atom is 0.251 e. The highest BCUT2D eigenvalue weighted by atomic mass is 32.2. The van der Waals surface area contributed by atoms with Crippen LogP contribution in [0.5, 0.6) is 0 Å². The number of benzene rings is 2. The minimum Gasteiger partial charge on any atom is -0.349 e. The average Bonchev–Trinajstić information content (AvgIpc) is 3.21. The summed E-state index contributed by atoms with van der Waals surface area (Å²) in [6, 6.07) is 14.8. The molecule has 2 aromatic carbocycles. The van der Waals surface area contributed by atoms with Crippen molar-refractivity contribution >= 4 is 15.9 Å². The van der Waals surface area contributed by atoms with Gasteiger partial charge in [0.05, 0.1) is 4.90 Å². The molecule has 2 aliphatic rings. The molecule has 2 aromatic rings. The third kappa shape index (κ3) is 4.76. The maximum atomic E-state index is 12.7. The van der Waals surface area contributed by atoms with Crippen molar-refractivity contribution in [3.63, 3.8) is 0 Å². The Morgan fingerprint density at radius 1 is 0.767 bits per heavy atom. The number of nitrogens with one attached hydrogen (secondary N) is 1. The molecule has 1 heterocycles. The molecule has 0 aromatic heterocycles. The molecular formula is C24H30N2O3S. The Bertz CT molecular complexity index is 955. The minimum absolute atomic E-state index is 0.0134. The molecule has 30 heavy (non-hydrogen) atoms. The van der Waals surface area contributed by atoms with Crippen LogP contribution in [-0.2, 0) is 10.0 Å². The number of hydrogen-bond donors (Lipinski definition) is 1. The highest BCUT2D eigenvalue weighted by Gasteiger charge is 2.27. The predicted molar refractivity (Wildman–Crippen MR) is 119 cm³/mol. The smallest absolute Gasteiger partial charge is 0.251 e. The summed E-state index contributed by atoms with van der Waals surface area (Å²) in [6.07, 6.45) is 8.89. The van der Waals surface area contributed by atoms with E-state index >= 15 is 0 Å². The topological polar surface area (TPSA) is 66.5 Å². The third-order valence-corrected chi connectivity index (χ3v) is 8.14. The van der Waals surface area contributed by atoms with Gasteiger partial charge in [0.15, 0.2) is 0 Å². The van der Waals surface area contributed by atoms with Gasteiger partial charge in [-0.15, -0.1) is 0 Å². The number of carbonyl (C=O) groups excluding carboxylic acids is 1. The number of rotatable bonds is 5. The van der Waals surface area contributed by atoms with Crippen LogP contribution in [-0.4, -0.2) is 37.8 Å². The van der Waals surface area contributed by atoms with Crippen molar-refractivity contribution in [2.24, 2.45) is 0 Å². The number of hydrogen-bond acceptors (Lipinski definition) is 3. The Morgan fingerprint density at radius 3 is 1.87 bits per heavy atom. The van der Waals surface area contributed by atoms with Crippen molar-refractivity contribution in [2.75, 3.05) is 13.1 Å². The maximum absolute atomic E-state index is 12.7. The van der Waals surface area contributed by atoms with E-state index in [0.717, 1.165) is 36.8 Å². The lowest BCUT2D eigenvalue weighted by Crippen LogP contribution is -2.34. The Morgan fingerprint density at radius 2 is 1.30 bits per heavy atom. The van der Waals surface area contributed by atoms with E-state index in [-0.39, 0.29) is 11.9 Å². The molecule has 1 saturated carbocycles. The summed E-state index contributed by atoms with van der Waals surface area (Å²) in [5.41, 5.74) is 2.56. The number of nitrogens with zero attached hydrogens (tertiary/aromatic N) is 1. The summed E-state index contributed by atoms with van der Waals surface area (Å²) >= 11 is 0. The number of carbonyl (C=O) groups is 1. The highest BCUT2D eigenvalue weighted by molar-refractivity contribution is 7.89. The van der Waals surface area contributed by atoms with Crippen LogP contribution in [0, 0.1) is 0 Å². The molecule has 0 atom stereocenters. The van der Waals surface area contributed by atoms with Crippen molar-refractivity contribution in [1.29, 1.82) is 0 Å². The molecule has 2 fully saturated rings. The molecule has 0 bridgehead atoms. The van der Waals surface area contributed by atoms with E-state index in [9.17, 15) is 13.2 Å². The molecule has 0 unspecified atom stereocenters. The first-order valence-electron chi connectivity index (χ1n) is 11.1. The normalized spacial score (nSPS) is 18.8. The second-order valence-corrected chi connectivity index (χ2v) is 10.3. The molecule has 0 radical (unpaired) electrons. The first-order chi connectivity index (χ1) is 14.5. The van der Waals surface area contributed by atoms with E-state index < -0.39 is 10.0 Å². The Labute approximate surface area is 179 Å². The van der Waals surface area contributed by atoms with Crippen molar-refractivity contribution < 1.29 is 13.2 Å². The van der Waals surface area contributed by atoms with Gasteiger partial charge in [0.1, 0.15) is 0 Å². The van der Waals surface area contributed by atoms with Gasteiger partial charge in [0, 0.05) is 24.7 Å². The molecule has 1 aliphatic carbocycles. The summed E-state index contributed by atoms with van der Waals surface area (Å²) in [6.45, 7) is 1.21. The van der Waals surface area contributed by atoms with Crippen LogP contribution in [0.1, 0.15) is 61.7 Å². The monoisotopic (exact) mass is 426 g/mol. The van der Waals surface area contributed by atoms with Gasteiger partial charge >= 0.3 is 0 Å². The third-order valence-electron chi connectivity index (χ3n) is 6.23. The van der Waals surface area contributed by atoms with Gasteiger partial charge in [-0.05, 0) is 61.1 Å². The van der Waals surface area contributed by atoms with E-state index in [1.807, 2.05) is 36.4 Å². The van der Waals surface area contributed by atoms with Gasteiger partial charge in [0.25, 0.3) is 5.91 Å². The second-order valence-electron chi connectivity index (χ2n) is 8.37. The summed E-state index contributed by atoms with van der Waals surface area (Å²) in [7, 11) is -3.39. The average molecular weight is 427 g/mol. The summed E-state index contributed by atoms with van der Waals surface area (Å²) in [5, 5.41) is 3.17. The molecule has 0 spiro atoms. The minimum atomic E-state index is -3.39. The quantitative estimate of drug-likeness (QED) is 0.711. The van der Waals surface area contributed by atoms with Gasteiger partial charge in [-0.2, -0.15) is 4.31 Å². The largest absolute Gasteiger partial charge is 0.349 e. The first kappa shape index (κ1) is 21.1. The van der Waals surface area contributed by atoms with Crippen LogP contribution < -0.4 is 5.32 Å². The molecule has 5 nitrogen and oxygen atoms in total. The lowest BCUT2D eigenvalue weighted by Gasteiger charge is -2.16. The lowest BCUT2D eigenvalue weighted by molar-refractivity contribution is 0.0933. The predicted octanol–water partition coefficient (Wildman–Crippen LogP) is 4.59. The molecule has 1 aliphatic heterocycles. The van der Waals surface area contributed by atoms with Gasteiger partial charge in [0.2, 0.25) is 10.0 Å². The summed E-state index contributed by atoms with van der Waals surface area (Å²) < 4.78 is 26.9. The van der Waals surface area contributed by atoms with Crippen LogP contribution in [0.15, 0.2) is 53.4 Å².